The quantitative estimate of drug-likeness (QED) is 0.835. The minimum atomic E-state index is 0. The van der Waals surface area contributed by atoms with Crippen molar-refractivity contribution in [3.8, 4) is 11.8 Å². The van der Waals surface area contributed by atoms with Gasteiger partial charge in [0, 0.05) is 5.54 Å². The largest absolute Gasteiger partial charge is 0.492 e. The molecule has 1 aromatic rings. The highest BCUT2D eigenvalue weighted by atomic mass is 35.5. The van der Waals surface area contributed by atoms with Crippen molar-refractivity contribution in [3.63, 3.8) is 0 Å². The average Bonchev–Trinajstić information content (AvgIpc) is 2.27. The van der Waals surface area contributed by atoms with Gasteiger partial charge in [-0.3, -0.25) is 0 Å². The number of nitrogens with zero attached hydrogens (tertiary/aromatic N) is 1. The molecule has 0 bridgehead atoms. The molecule has 0 aliphatic rings. The zero-order valence-electron chi connectivity index (χ0n) is 11.2. The van der Waals surface area contributed by atoms with Crippen molar-refractivity contribution in [2.45, 2.75) is 32.7 Å². The van der Waals surface area contributed by atoms with Crippen LogP contribution in [0.3, 0.4) is 0 Å². The number of benzene rings is 1. The van der Waals surface area contributed by atoms with Gasteiger partial charge in [-0.15, -0.1) is 12.4 Å². The SMILES string of the molecule is CC(C)(C)NCCCOc1ccccc1C#N.Cl. The van der Waals surface area contributed by atoms with E-state index in [0.717, 1.165) is 13.0 Å². The molecule has 0 unspecified atom stereocenters. The second kappa shape index (κ2) is 7.97. The van der Waals surface area contributed by atoms with E-state index < -0.39 is 0 Å². The summed E-state index contributed by atoms with van der Waals surface area (Å²) in [5, 5.41) is 12.3. The van der Waals surface area contributed by atoms with Gasteiger partial charge in [0.1, 0.15) is 11.8 Å². The van der Waals surface area contributed by atoms with Crippen molar-refractivity contribution in [3.05, 3.63) is 29.8 Å². The first-order chi connectivity index (χ1) is 8.03. The van der Waals surface area contributed by atoms with Gasteiger partial charge in [0.2, 0.25) is 0 Å². The van der Waals surface area contributed by atoms with Gasteiger partial charge in [-0.2, -0.15) is 5.26 Å². The Hall–Kier alpha value is -1.24. The lowest BCUT2D eigenvalue weighted by atomic mass is 10.1. The molecule has 100 valence electrons. The van der Waals surface area contributed by atoms with Gasteiger partial charge in [-0.25, -0.2) is 0 Å². The van der Waals surface area contributed by atoms with Gasteiger partial charge in [0.05, 0.1) is 12.2 Å². The molecule has 0 heterocycles. The van der Waals surface area contributed by atoms with Crippen LogP contribution in [0.15, 0.2) is 24.3 Å². The zero-order chi connectivity index (χ0) is 12.7. The van der Waals surface area contributed by atoms with E-state index in [2.05, 4.69) is 32.2 Å². The van der Waals surface area contributed by atoms with Gasteiger partial charge in [-0.05, 0) is 45.9 Å². The lowest BCUT2D eigenvalue weighted by Crippen LogP contribution is -2.36. The fourth-order valence-electron chi connectivity index (χ4n) is 1.40. The Morgan fingerprint density at radius 3 is 2.56 bits per heavy atom. The van der Waals surface area contributed by atoms with E-state index in [1.165, 1.54) is 0 Å². The summed E-state index contributed by atoms with van der Waals surface area (Å²) in [4.78, 5) is 0. The number of ether oxygens (including phenoxy) is 1. The average molecular weight is 269 g/mol. The Morgan fingerprint density at radius 2 is 1.94 bits per heavy atom. The second-order valence-corrected chi connectivity index (χ2v) is 4.99. The fraction of sp³-hybridized carbons (Fsp3) is 0.500. The van der Waals surface area contributed by atoms with Crippen LogP contribution in [0, 0.1) is 11.3 Å². The Balaban J connectivity index is 0.00000289. The molecule has 0 spiro atoms. The molecule has 0 amide bonds. The normalized spacial score (nSPS) is 10.3. The molecule has 0 saturated heterocycles. The summed E-state index contributed by atoms with van der Waals surface area (Å²) in [6, 6.07) is 9.43. The van der Waals surface area contributed by atoms with Crippen LogP contribution in [-0.2, 0) is 0 Å². The van der Waals surface area contributed by atoms with E-state index >= 15 is 0 Å². The number of nitriles is 1. The number of nitrogens with one attached hydrogen (secondary N) is 1. The first-order valence-corrected chi connectivity index (χ1v) is 5.90. The number of hydrogen-bond acceptors (Lipinski definition) is 3. The molecule has 0 aliphatic heterocycles. The lowest BCUT2D eigenvalue weighted by molar-refractivity contribution is 0.297. The number of rotatable bonds is 5. The molecular formula is C14H21ClN2O. The standard InChI is InChI=1S/C14H20N2O.ClH/c1-14(2,3)16-9-6-10-17-13-8-5-4-7-12(13)11-15;/h4-5,7-8,16H,6,9-10H2,1-3H3;1H. The number of hydrogen-bond donors (Lipinski definition) is 1. The summed E-state index contributed by atoms with van der Waals surface area (Å²) >= 11 is 0. The Morgan fingerprint density at radius 1 is 1.28 bits per heavy atom. The van der Waals surface area contributed by atoms with E-state index in [1.807, 2.05) is 18.2 Å². The van der Waals surface area contributed by atoms with Crippen LogP contribution in [0.1, 0.15) is 32.8 Å². The third-order valence-electron chi connectivity index (χ3n) is 2.24. The Kier molecular flexibility index (Phi) is 7.42. The van der Waals surface area contributed by atoms with Crippen molar-refractivity contribution < 1.29 is 4.74 Å². The topological polar surface area (TPSA) is 45.0 Å². The molecule has 0 atom stereocenters. The van der Waals surface area contributed by atoms with Crippen molar-refractivity contribution in [1.82, 2.24) is 5.32 Å². The molecule has 1 N–H and O–H groups in total. The van der Waals surface area contributed by atoms with E-state index in [9.17, 15) is 0 Å². The highest BCUT2D eigenvalue weighted by Gasteiger charge is 2.07. The van der Waals surface area contributed by atoms with Crippen LogP contribution in [-0.4, -0.2) is 18.7 Å². The summed E-state index contributed by atoms with van der Waals surface area (Å²) in [5.41, 5.74) is 0.737. The summed E-state index contributed by atoms with van der Waals surface area (Å²) in [6.07, 6.45) is 0.928. The third-order valence-corrected chi connectivity index (χ3v) is 2.24. The molecule has 0 aromatic heterocycles. The molecule has 1 rings (SSSR count). The van der Waals surface area contributed by atoms with Crippen molar-refractivity contribution in [2.24, 2.45) is 0 Å². The first kappa shape index (κ1) is 16.8. The van der Waals surface area contributed by atoms with Crippen LogP contribution < -0.4 is 10.1 Å². The second-order valence-electron chi connectivity index (χ2n) is 4.99. The van der Waals surface area contributed by atoms with Gasteiger partial charge in [0.15, 0.2) is 0 Å². The maximum absolute atomic E-state index is 8.89. The van der Waals surface area contributed by atoms with Crippen LogP contribution in [0.2, 0.25) is 0 Å². The third kappa shape index (κ3) is 6.48. The summed E-state index contributed by atoms with van der Waals surface area (Å²) in [6.45, 7) is 7.95. The fourth-order valence-corrected chi connectivity index (χ4v) is 1.40. The molecular weight excluding hydrogens is 248 g/mol. The molecule has 18 heavy (non-hydrogen) atoms. The van der Waals surface area contributed by atoms with Gasteiger partial charge >= 0.3 is 0 Å². The van der Waals surface area contributed by atoms with Crippen molar-refractivity contribution in [2.75, 3.05) is 13.2 Å². The molecule has 1 aromatic carbocycles. The molecule has 0 radical (unpaired) electrons. The van der Waals surface area contributed by atoms with Crippen LogP contribution >= 0.6 is 12.4 Å². The first-order valence-electron chi connectivity index (χ1n) is 5.90. The smallest absolute Gasteiger partial charge is 0.137 e. The predicted octanol–water partition coefficient (Wildman–Crippen LogP) is 3.14. The van der Waals surface area contributed by atoms with Gasteiger partial charge in [0.25, 0.3) is 0 Å². The monoisotopic (exact) mass is 268 g/mol. The molecule has 3 nitrogen and oxygen atoms in total. The summed E-state index contributed by atoms with van der Waals surface area (Å²) in [7, 11) is 0. The Bertz CT molecular complexity index is 394. The van der Waals surface area contributed by atoms with E-state index in [-0.39, 0.29) is 17.9 Å². The molecule has 0 fully saturated rings. The molecule has 0 aliphatic carbocycles. The molecule has 4 heteroatoms. The minimum Gasteiger partial charge on any atom is -0.492 e. The lowest BCUT2D eigenvalue weighted by Gasteiger charge is -2.20. The predicted molar refractivity (Wildman–Crippen MR) is 76.3 cm³/mol. The van der Waals surface area contributed by atoms with E-state index in [1.54, 1.807) is 6.07 Å². The summed E-state index contributed by atoms with van der Waals surface area (Å²) in [5.74, 6) is 0.672. The van der Waals surface area contributed by atoms with Crippen molar-refractivity contribution in [1.29, 1.82) is 5.26 Å². The highest BCUT2D eigenvalue weighted by Crippen LogP contribution is 2.16. The van der Waals surface area contributed by atoms with Crippen LogP contribution in [0.5, 0.6) is 5.75 Å². The number of halogens is 1. The summed E-state index contributed by atoms with van der Waals surface area (Å²) < 4.78 is 5.58. The maximum Gasteiger partial charge on any atom is 0.137 e. The minimum absolute atomic E-state index is 0. The zero-order valence-corrected chi connectivity index (χ0v) is 12.0. The van der Waals surface area contributed by atoms with Crippen molar-refractivity contribution >= 4 is 12.4 Å². The molecule has 0 saturated carbocycles. The number of para-hydroxylation sites is 1. The van der Waals surface area contributed by atoms with E-state index in [4.69, 9.17) is 10.00 Å². The van der Waals surface area contributed by atoms with E-state index in [0.29, 0.717) is 17.9 Å². The van der Waals surface area contributed by atoms with Gasteiger partial charge < -0.3 is 10.1 Å². The van der Waals surface area contributed by atoms with Crippen LogP contribution in [0.25, 0.3) is 0 Å². The van der Waals surface area contributed by atoms with Gasteiger partial charge in [-0.1, -0.05) is 12.1 Å². The Labute approximate surface area is 116 Å². The highest BCUT2D eigenvalue weighted by molar-refractivity contribution is 5.85. The maximum atomic E-state index is 8.89. The van der Waals surface area contributed by atoms with Crippen LogP contribution in [0.4, 0.5) is 0 Å².